The summed E-state index contributed by atoms with van der Waals surface area (Å²) in [6, 6.07) is 16.8. The molecule has 0 saturated carbocycles. The zero-order valence-electron chi connectivity index (χ0n) is 13.2. The minimum atomic E-state index is 0.422. The van der Waals surface area contributed by atoms with Crippen LogP contribution in [0.5, 0.6) is 0 Å². The summed E-state index contributed by atoms with van der Waals surface area (Å²) in [4.78, 5) is 0. The number of hydrogen-bond donors (Lipinski definition) is 2. The molecule has 4 N–H and O–H groups in total. The summed E-state index contributed by atoms with van der Waals surface area (Å²) >= 11 is 0. The van der Waals surface area contributed by atoms with Crippen LogP contribution in [-0.2, 0) is 6.42 Å². The lowest BCUT2D eigenvalue weighted by molar-refractivity contribution is 0.440. The molecular weight excluding hydrogens is 270 g/mol. The Hall–Kier alpha value is -2.26. The van der Waals surface area contributed by atoms with E-state index in [1.54, 1.807) is 5.01 Å². The fourth-order valence-corrected chi connectivity index (χ4v) is 3.28. The Morgan fingerprint density at radius 2 is 1.68 bits per heavy atom. The van der Waals surface area contributed by atoms with Crippen LogP contribution in [0, 0.1) is 0 Å². The Morgan fingerprint density at radius 1 is 1.05 bits per heavy atom. The smallest absolute Gasteiger partial charge is 0.0828 e. The molecule has 3 rings (SSSR count). The van der Waals surface area contributed by atoms with E-state index in [1.807, 2.05) is 13.0 Å². The van der Waals surface area contributed by atoms with Crippen LogP contribution in [0.15, 0.2) is 48.5 Å². The van der Waals surface area contributed by atoms with Crippen LogP contribution in [0.4, 0.5) is 0 Å². The Bertz CT molecular complexity index is 718. The molecule has 1 atom stereocenters. The Morgan fingerprint density at radius 3 is 2.41 bits per heavy atom. The van der Waals surface area contributed by atoms with Crippen molar-refractivity contribution in [2.24, 2.45) is 11.6 Å². The Kier molecular flexibility index (Phi) is 3.90. The van der Waals surface area contributed by atoms with Gasteiger partial charge >= 0.3 is 0 Å². The van der Waals surface area contributed by atoms with Gasteiger partial charge in [0, 0.05) is 17.7 Å². The van der Waals surface area contributed by atoms with Gasteiger partial charge in [0.05, 0.1) is 11.4 Å². The highest BCUT2D eigenvalue weighted by Crippen LogP contribution is 2.36. The SMILES string of the molecule is CCN(N)/C1=C(\N)c2ccccc2CC(C)c2ccccc21. The average molecular weight is 293 g/mol. The van der Waals surface area contributed by atoms with Crippen LogP contribution >= 0.6 is 0 Å². The second-order valence-electron chi connectivity index (χ2n) is 5.90. The van der Waals surface area contributed by atoms with Crippen LogP contribution in [-0.4, -0.2) is 11.6 Å². The van der Waals surface area contributed by atoms with Gasteiger partial charge in [0.2, 0.25) is 0 Å². The molecule has 22 heavy (non-hydrogen) atoms. The average Bonchev–Trinajstić information content (AvgIpc) is 2.54. The molecule has 1 unspecified atom stereocenters. The van der Waals surface area contributed by atoms with Crippen molar-refractivity contribution in [1.82, 2.24) is 5.01 Å². The standard InChI is InChI=1S/C19H23N3/c1-3-22(21)19-17-11-7-6-9-15(17)13(2)12-14-8-4-5-10-16(14)18(19)20/h4-11,13H,3,12,20-21H2,1-2H3/b19-18-. The molecule has 2 aromatic rings. The van der Waals surface area contributed by atoms with Crippen molar-refractivity contribution in [3.05, 3.63) is 70.8 Å². The molecule has 0 spiro atoms. The summed E-state index contributed by atoms with van der Waals surface area (Å²) in [6.45, 7) is 5.01. The van der Waals surface area contributed by atoms with Crippen molar-refractivity contribution in [1.29, 1.82) is 0 Å². The van der Waals surface area contributed by atoms with Gasteiger partial charge in [-0.2, -0.15) is 0 Å². The molecule has 114 valence electrons. The molecule has 0 aliphatic heterocycles. The van der Waals surface area contributed by atoms with Gasteiger partial charge in [-0.3, -0.25) is 0 Å². The number of hydrazine groups is 1. The highest BCUT2D eigenvalue weighted by atomic mass is 15.4. The van der Waals surface area contributed by atoms with E-state index in [4.69, 9.17) is 11.6 Å². The van der Waals surface area contributed by atoms with E-state index < -0.39 is 0 Å². The van der Waals surface area contributed by atoms with Crippen molar-refractivity contribution in [2.75, 3.05) is 6.54 Å². The summed E-state index contributed by atoms with van der Waals surface area (Å²) in [5, 5.41) is 1.75. The quantitative estimate of drug-likeness (QED) is 0.659. The lowest BCUT2D eigenvalue weighted by atomic mass is 9.83. The first-order chi connectivity index (χ1) is 10.6. The first-order valence-electron chi connectivity index (χ1n) is 7.83. The maximum Gasteiger partial charge on any atom is 0.0828 e. The highest BCUT2D eigenvalue weighted by Gasteiger charge is 2.23. The Balaban J connectivity index is 2.34. The lowest BCUT2D eigenvalue weighted by Gasteiger charge is -2.29. The van der Waals surface area contributed by atoms with Crippen molar-refractivity contribution in [2.45, 2.75) is 26.2 Å². The van der Waals surface area contributed by atoms with Gasteiger partial charge in [0.15, 0.2) is 0 Å². The predicted molar refractivity (Wildman–Crippen MR) is 92.6 cm³/mol. The number of rotatable bonds is 2. The number of hydrogen-bond acceptors (Lipinski definition) is 3. The molecule has 0 saturated heterocycles. The zero-order valence-corrected chi connectivity index (χ0v) is 13.2. The van der Waals surface area contributed by atoms with Gasteiger partial charge in [0.1, 0.15) is 0 Å². The summed E-state index contributed by atoms with van der Waals surface area (Å²) in [5.41, 5.74) is 13.1. The fourth-order valence-electron chi connectivity index (χ4n) is 3.28. The molecule has 0 bridgehead atoms. The van der Waals surface area contributed by atoms with Crippen LogP contribution < -0.4 is 11.6 Å². The van der Waals surface area contributed by atoms with Crippen LogP contribution in [0.25, 0.3) is 11.4 Å². The van der Waals surface area contributed by atoms with Crippen molar-refractivity contribution in [3.8, 4) is 0 Å². The molecule has 3 nitrogen and oxygen atoms in total. The van der Waals surface area contributed by atoms with E-state index in [0.29, 0.717) is 12.5 Å². The molecule has 0 amide bonds. The van der Waals surface area contributed by atoms with Gasteiger partial charge in [-0.05, 0) is 30.4 Å². The number of fused-ring (bicyclic) bond motifs is 2. The normalized spacial score (nSPS) is 20.6. The number of benzene rings is 2. The van der Waals surface area contributed by atoms with E-state index in [9.17, 15) is 0 Å². The lowest BCUT2D eigenvalue weighted by Crippen LogP contribution is -2.32. The fraction of sp³-hybridized carbons (Fsp3) is 0.263. The third-order valence-electron chi connectivity index (χ3n) is 4.46. The molecular formula is C19H23N3. The van der Waals surface area contributed by atoms with Gasteiger partial charge in [-0.25, -0.2) is 5.84 Å². The molecule has 3 heteroatoms. The van der Waals surface area contributed by atoms with E-state index in [1.165, 1.54) is 11.1 Å². The van der Waals surface area contributed by atoms with E-state index >= 15 is 0 Å². The van der Waals surface area contributed by atoms with Crippen molar-refractivity contribution >= 4 is 11.4 Å². The van der Waals surface area contributed by atoms with Gasteiger partial charge in [-0.1, -0.05) is 55.5 Å². The summed E-state index contributed by atoms with van der Waals surface area (Å²) in [7, 11) is 0. The number of nitrogens with two attached hydrogens (primary N) is 2. The third kappa shape index (κ3) is 2.38. The third-order valence-corrected chi connectivity index (χ3v) is 4.46. The first-order valence-corrected chi connectivity index (χ1v) is 7.83. The molecule has 0 heterocycles. The van der Waals surface area contributed by atoms with Crippen LogP contribution in [0.3, 0.4) is 0 Å². The van der Waals surface area contributed by atoms with Gasteiger partial charge in [0.25, 0.3) is 0 Å². The summed E-state index contributed by atoms with van der Waals surface area (Å²) < 4.78 is 0. The van der Waals surface area contributed by atoms with Gasteiger partial charge < -0.3 is 10.7 Å². The second-order valence-corrected chi connectivity index (χ2v) is 5.90. The largest absolute Gasteiger partial charge is 0.396 e. The molecule has 0 radical (unpaired) electrons. The molecule has 0 aromatic heterocycles. The van der Waals surface area contributed by atoms with Crippen molar-refractivity contribution < 1.29 is 0 Å². The summed E-state index contributed by atoms with van der Waals surface area (Å²) in [5.74, 6) is 6.69. The topological polar surface area (TPSA) is 55.3 Å². The summed E-state index contributed by atoms with van der Waals surface area (Å²) in [6.07, 6.45) is 0.984. The minimum absolute atomic E-state index is 0.422. The number of nitrogens with zero attached hydrogens (tertiary/aromatic N) is 1. The second kappa shape index (κ2) is 5.85. The highest BCUT2D eigenvalue weighted by molar-refractivity contribution is 5.90. The molecule has 0 fully saturated rings. The van der Waals surface area contributed by atoms with E-state index in [-0.39, 0.29) is 0 Å². The van der Waals surface area contributed by atoms with Crippen LogP contribution in [0.2, 0.25) is 0 Å². The molecule has 1 aliphatic carbocycles. The van der Waals surface area contributed by atoms with E-state index in [0.717, 1.165) is 28.9 Å². The minimum Gasteiger partial charge on any atom is -0.396 e. The van der Waals surface area contributed by atoms with Gasteiger partial charge in [-0.15, -0.1) is 0 Å². The molecule has 2 aromatic carbocycles. The predicted octanol–water partition coefficient (Wildman–Crippen LogP) is 3.33. The van der Waals surface area contributed by atoms with Crippen LogP contribution in [0.1, 0.15) is 42.0 Å². The molecule has 1 aliphatic rings. The Labute approximate surface area is 132 Å². The van der Waals surface area contributed by atoms with E-state index in [2.05, 4.69) is 49.4 Å². The monoisotopic (exact) mass is 293 g/mol. The maximum atomic E-state index is 6.55. The van der Waals surface area contributed by atoms with Crippen molar-refractivity contribution in [3.63, 3.8) is 0 Å². The maximum absolute atomic E-state index is 6.55. The zero-order chi connectivity index (χ0) is 15.7. The first kappa shape index (κ1) is 14.7.